The summed E-state index contributed by atoms with van der Waals surface area (Å²) in [6, 6.07) is 0. The quantitative estimate of drug-likeness (QED) is 0.740. The molecule has 4 saturated carbocycles. The molecule has 4 aliphatic carbocycles. The van der Waals surface area contributed by atoms with Gasteiger partial charge in [-0.25, -0.2) is 0 Å². The van der Waals surface area contributed by atoms with Crippen LogP contribution in [0.2, 0.25) is 0 Å². The van der Waals surface area contributed by atoms with Gasteiger partial charge in [0.25, 0.3) is 0 Å². The van der Waals surface area contributed by atoms with Gasteiger partial charge in [0.2, 0.25) is 5.91 Å². The Morgan fingerprint density at radius 2 is 1.61 bits per heavy atom. The SMILES string of the molecule is CCCCCC(=O)NC12CC3CC(CC(C3)C1)C2. The maximum Gasteiger partial charge on any atom is 0.220 e. The molecule has 1 N–H and O–H groups in total. The van der Waals surface area contributed by atoms with Crippen LogP contribution >= 0.6 is 0 Å². The molecule has 4 bridgehead atoms. The van der Waals surface area contributed by atoms with Gasteiger partial charge in [-0.05, 0) is 62.7 Å². The highest BCUT2D eigenvalue weighted by molar-refractivity contribution is 5.76. The molecule has 0 unspecified atom stereocenters. The number of unbranched alkanes of at least 4 members (excludes halogenated alkanes) is 2. The van der Waals surface area contributed by atoms with E-state index < -0.39 is 0 Å². The Morgan fingerprint density at radius 3 is 2.11 bits per heavy atom. The van der Waals surface area contributed by atoms with Crippen molar-refractivity contribution in [2.45, 2.75) is 76.7 Å². The molecule has 4 fully saturated rings. The van der Waals surface area contributed by atoms with E-state index in [1.165, 1.54) is 51.4 Å². The lowest BCUT2D eigenvalue weighted by atomic mass is 9.53. The Hall–Kier alpha value is -0.530. The summed E-state index contributed by atoms with van der Waals surface area (Å²) in [4.78, 5) is 12.1. The minimum absolute atomic E-state index is 0.220. The van der Waals surface area contributed by atoms with Crippen molar-refractivity contribution < 1.29 is 4.79 Å². The smallest absolute Gasteiger partial charge is 0.220 e. The first-order chi connectivity index (χ1) is 8.69. The summed E-state index contributed by atoms with van der Waals surface area (Å²) in [5.41, 5.74) is 0.220. The Morgan fingerprint density at radius 1 is 1.06 bits per heavy atom. The van der Waals surface area contributed by atoms with Gasteiger partial charge in [-0.15, -0.1) is 0 Å². The van der Waals surface area contributed by atoms with Crippen molar-refractivity contribution in [3.05, 3.63) is 0 Å². The fraction of sp³-hybridized carbons (Fsp3) is 0.938. The number of amides is 1. The minimum Gasteiger partial charge on any atom is -0.351 e. The topological polar surface area (TPSA) is 29.1 Å². The lowest BCUT2D eigenvalue weighted by molar-refractivity contribution is -0.126. The predicted octanol–water partition coefficient (Wildman–Crippen LogP) is 3.65. The Bertz CT molecular complexity index is 288. The van der Waals surface area contributed by atoms with Crippen molar-refractivity contribution in [1.29, 1.82) is 0 Å². The molecule has 0 aromatic heterocycles. The average molecular weight is 249 g/mol. The van der Waals surface area contributed by atoms with Crippen LogP contribution in [0.1, 0.15) is 71.1 Å². The number of nitrogens with one attached hydrogen (secondary N) is 1. The van der Waals surface area contributed by atoms with Gasteiger partial charge in [-0.2, -0.15) is 0 Å². The highest BCUT2D eigenvalue weighted by atomic mass is 16.1. The van der Waals surface area contributed by atoms with Gasteiger partial charge in [0, 0.05) is 12.0 Å². The zero-order valence-corrected chi connectivity index (χ0v) is 11.7. The van der Waals surface area contributed by atoms with Gasteiger partial charge < -0.3 is 5.32 Å². The summed E-state index contributed by atoms with van der Waals surface area (Å²) in [6.07, 6.45) is 12.4. The van der Waals surface area contributed by atoms with Gasteiger partial charge >= 0.3 is 0 Å². The monoisotopic (exact) mass is 249 g/mol. The molecule has 0 atom stereocenters. The van der Waals surface area contributed by atoms with Crippen LogP contribution in [0.25, 0.3) is 0 Å². The van der Waals surface area contributed by atoms with Crippen LogP contribution in [0.4, 0.5) is 0 Å². The van der Waals surface area contributed by atoms with Gasteiger partial charge in [-0.3, -0.25) is 4.79 Å². The maximum atomic E-state index is 12.1. The number of hydrogen-bond donors (Lipinski definition) is 1. The molecule has 0 aromatic carbocycles. The van der Waals surface area contributed by atoms with Crippen molar-refractivity contribution in [3.8, 4) is 0 Å². The minimum atomic E-state index is 0.220. The Labute approximate surface area is 111 Å². The highest BCUT2D eigenvalue weighted by Crippen LogP contribution is 2.55. The maximum absolute atomic E-state index is 12.1. The average Bonchev–Trinajstić information content (AvgIpc) is 2.26. The number of carbonyl (C=O) groups excluding carboxylic acids is 1. The number of carbonyl (C=O) groups is 1. The summed E-state index contributed by atoms with van der Waals surface area (Å²) in [5, 5.41) is 3.44. The highest BCUT2D eigenvalue weighted by Gasteiger charge is 2.51. The van der Waals surface area contributed by atoms with E-state index in [0.29, 0.717) is 5.91 Å². The first-order valence-corrected chi connectivity index (χ1v) is 8.00. The van der Waals surface area contributed by atoms with Crippen molar-refractivity contribution in [2.24, 2.45) is 17.8 Å². The standard InChI is InChI=1S/C16H27NO/c1-2-3-4-5-15(18)17-16-9-12-6-13(10-16)8-14(7-12)11-16/h12-14H,2-11H2,1H3,(H,17,18). The molecule has 18 heavy (non-hydrogen) atoms. The fourth-order valence-electron chi connectivity index (χ4n) is 5.16. The normalized spacial score (nSPS) is 41.1. The molecule has 102 valence electrons. The first-order valence-electron chi connectivity index (χ1n) is 8.00. The van der Waals surface area contributed by atoms with E-state index in [1.807, 2.05) is 0 Å². The molecule has 0 heterocycles. The van der Waals surface area contributed by atoms with Crippen LogP contribution in [-0.2, 0) is 4.79 Å². The van der Waals surface area contributed by atoms with Gasteiger partial charge in [-0.1, -0.05) is 19.8 Å². The van der Waals surface area contributed by atoms with Crippen LogP contribution in [0.5, 0.6) is 0 Å². The van der Waals surface area contributed by atoms with Crippen LogP contribution < -0.4 is 5.32 Å². The molecule has 1 amide bonds. The van der Waals surface area contributed by atoms with Crippen LogP contribution in [-0.4, -0.2) is 11.4 Å². The summed E-state index contributed by atoms with van der Waals surface area (Å²) >= 11 is 0. The zero-order chi connectivity index (χ0) is 12.6. The third-order valence-corrected chi connectivity index (χ3v) is 5.45. The number of rotatable bonds is 5. The van der Waals surface area contributed by atoms with Crippen molar-refractivity contribution in [2.75, 3.05) is 0 Å². The molecule has 0 saturated heterocycles. The summed E-state index contributed by atoms with van der Waals surface area (Å²) < 4.78 is 0. The van der Waals surface area contributed by atoms with Gasteiger partial charge in [0.1, 0.15) is 0 Å². The van der Waals surface area contributed by atoms with E-state index in [1.54, 1.807) is 0 Å². The van der Waals surface area contributed by atoms with E-state index in [0.717, 1.165) is 30.6 Å². The Balaban J connectivity index is 1.57. The van der Waals surface area contributed by atoms with Crippen LogP contribution in [0.15, 0.2) is 0 Å². The Kier molecular flexibility index (Phi) is 3.38. The van der Waals surface area contributed by atoms with Crippen molar-refractivity contribution in [1.82, 2.24) is 5.32 Å². The molecule has 2 heteroatoms. The summed E-state index contributed by atoms with van der Waals surface area (Å²) in [6.45, 7) is 2.19. The lowest BCUT2D eigenvalue weighted by Gasteiger charge is -2.56. The second-order valence-corrected chi connectivity index (χ2v) is 7.20. The van der Waals surface area contributed by atoms with E-state index >= 15 is 0 Å². The molecule has 0 aromatic rings. The zero-order valence-electron chi connectivity index (χ0n) is 11.7. The van der Waals surface area contributed by atoms with E-state index in [-0.39, 0.29) is 5.54 Å². The molecule has 2 nitrogen and oxygen atoms in total. The fourth-order valence-corrected chi connectivity index (χ4v) is 5.16. The van der Waals surface area contributed by atoms with E-state index in [2.05, 4.69) is 12.2 Å². The van der Waals surface area contributed by atoms with Crippen LogP contribution in [0, 0.1) is 17.8 Å². The lowest BCUT2D eigenvalue weighted by Crippen LogP contribution is -2.59. The second-order valence-electron chi connectivity index (χ2n) is 7.20. The molecule has 4 rings (SSSR count). The molecular formula is C16H27NO. The van der Waals surface area contributed by atoms with E-state index in [9.17, 15) is 4.79 Å². The first kappa shape index (κ1) is 12.5. The van der Waals surface area contributed by atoms with Gasteiger partial charge in [0.05, 0.1) is 0 Å². The third-order valence-electron chi connectivity index (χ3n) is 5.45. The summed E-state index contributed by atoms with van der Waals surface area (Å²) in [7, 11) is 0. The molecule has 0 spiro atoms. The molecule has 0 radical (unpaired) electrons. The van der Waals surface area contributed by atoms with Crippen LogP contribution in [0.3, 0.4) is 0 Å². The third kappa shape index (κ3) is 2.44. The van der Waals surface area contributed by atoms with Crippen molar-refractivity contribution >= 4 is 5.91 Å². The van der Waals surface area contributed by atoms with E-state index in [4.69, 9.17) is 0 Å². The second kappa shape index (κ2) is 4.86. The van der Waals surface area contributed by atoms with Crippen molar-refractivity contribution in [3.63, 3.8) is 0 Å². The molecule has 4 aliphatic rings. The largest absolute Gasteiger partial charge is 0.351 e. The van der Waals surface area contributed by atoms with Gasteiger partial charge in [0.15, 0.2) is 0 Å². The predicted molar refractivity (Wildman–Crippen MR) is 73.2 cm³/mol. The number of hydrogen-bond acceptors (Lipinski definition) is 1. The molecular weight excluding hydrogens is 222 g/mol. The molecule has 0 aliphatic heterocycles. The summed E-state index contributed by atoms with van der Waals surface area (Å²) in [5.74, 6) is 3.09.